The molecule has 1 aromatic heterocycles. The van der Waals surface area contributed by atoms with Crippen LogP contribution in [0, 0.1) is 5.92 Å². The largest absolute Gasteiger partial charge is 0.477 e. The van der Waals surface area contributed by atoms with Crippen molar-refractivity contribution in [3.05, 3.63) is 59.8 Å². The Labute approximate surface area is 137 Å². The van der Waals surface area contributed by atoms with E-state index in [0.717, 1.165) is 12.8 Å². The number of benzene rings is 1. The van der Waals surface area contributed by atoms with Gasteiger partial charge in [-0.2, -0.15) is 0 Å². The molecule has 0 spiro atoms. The Hall–Kier alpha value is -2.36. The van der Waals surface area contributed by atoms with Crippen LogP contribution >= 0.6 is 0 Å². The molecule has 0 fully saturated rings. The molecule has 2 aromatic rings. The average molecular weight is 312 g/mol. The molecule has 2 rings (SSSR count). The van der Waals surface area contributed by atoms with Gasteiger partial charge in [-0.1, -0.05) is 44.2 Å². The number of nitrogens with zero attached hydrogens (tertiary/aromatic N) is 1. The Kier molecular flexibility index (Phi) is 6.60. The number of ether oxygens (including phenoxy) is 1. The monoisotopic (exact) mass is 312 g/mol. The smallest absolute Gasteiger partial charge is 0.256 e. The molecular weight excluding hydrogens is 288 g/mol. The Morgan fingerprint density at radius 1 is 1.17 bits per heavy atom. The molecule has 1 aromatic carbocycles. The minimum Gasteiger partial charge on any atom is -0.477 e. The van der Waals surface area contributed by atoms with Crippen LogP contribution < -0.4 is 10.1 Å². The van der Waals surface area contributed by atoms with Crippen LogP contribution in [0.4, 0.5) is 0 Å². The highest BCUT2D eigenvalue weighted by molar-refractivity contribution is 5.96. The topological polar surface area (TPSA) is 51.2 Å². The van der Waals surface area contributed by atoms with E-state index < -0.39 is 0 Å². The number of pyridine rings is 1. The van der Waals surface area contributed by atoms with Crippen molar-refractivity contribution < 1.29 is 9.53 Å². The number of hydrogen-bond acceptors (Lipinski definition) is 3. The zero-order valence-electron chi connectivity index (χ0n) is 13.8. The number of hydrogen-bond donors (Lipinski definition) is 1. The van der Waals surface area contributed by atoms with Crippen LogP contribution in [0.3, 0.4) is 0 Å². The van der Waals surface area contributed by atoms with Gasteiger partial charge in [0.25, 0.3) is 5.91 Å². The predicted molar refractivity (Wildman–Crippen MR) is 91.7 cm³/mol. The molecule has 0 bridgehead atoms. The highest BCUT2D eigenvalue weighted by Gasteiger charge is 2.13. The molecule has 23 heavy (non-hydrogen) atoms. The van der Waals surface area contributed by atoms with Crippen LogP contribution in [-0.4, -0.2) is 24.0 Å². The van der Waals surface area contributed by atoms with Gasteiger partial charge in [0.2, 0.25) is 5.88 Å². The zero-order chi connectivity index (χ0) is 16.5. The summed E-state index contributed by atoms with van der Waals surface area (Å²) in [6.45, 7) is 5.43. The quantitative estimate of drug-likeness (QED) is 0.812. The molecule has 4 nitrogen and oxygen atoms in total. The molecule has 4 heteroatoms. The van der Waals surface area contributed by atoms with Crippen LogP contribution in [0.5, 0.6) is 5.88 Å². The van der Waals surface area contributed by atoms with E-state index in [1.807, 2.05) is 18.2 Å². The lowest BCUT2D eigenvalue weighted by atomic mass is 10.1. The lowest BCUT2D eigenvalue weighted by molar-refractivity contribution is 0.0949. The standard InChI is InChI=1S/C19H24N2O2/c1-15(2)11-14-23-19-17(9-6-12-21-19)18(22)20-13-10-16-7-4-3-5-8-16/h3-9,12,15H,10-11,13-14H2,1-2H3,(H,20,22). The van der Waals surface area contributed by atoms with Gasteiger partial charge in [-0.05, 0) is 36.5 Å². The summed E-state index contributed by atoms with van der Waals surface area (Å²) in [7, 11) is 0. The number of nitrogens with one attached hydrogen (secondary N) is 1. The average Bonchev–Trinajstić information content (AvgIpc) is 2.56. The molecule has 0 saturated carbocycles. The van der Waals surface area contributed by atoms with Gasteiger partial charge in [0.1, 0.15) is 5.56 Å². The van der Waals surface area contributed by atoms with E-state index in [-0.39, 0.29) is 5.91 Å². The second kappa shape index (κ2) is 8.93. The molecule has 1 N–H and O–H groups in total. The van der Waals surface area contributed by atoms with Crippen molar-refractivity contribution >= 4 is 5.91 Å². The molecule has 0 aliphatic rings. The predicted octanol–water partition coefficient (Wildman–Crippen LogP) is 3.48. The fourth-order valence-corrected chi connectivity index (χ4v) is 2.13. The minimum absolute atomic E-state index is 0.145. The van der Waals surface area contributed by atoms with E-state index >= 15 is 0 Å². The highest BCUT2D eigenvalue weighted by Crippen LogP contribution is 2.15. The Morgan fingerprint density at radius 2 is 1.96 bits per heavy atom. The van der Waals surface area contributed by atoms with Crippen molar-refractivity contribution in [2.45, 2.75) is 26.7 Å². The molecule has 0 aliphatic carbocycles. The number of amides is 1. The minimum atomic E-state index is -0.145. The van der Waals surface area contributed by atoms with Crippen LogP contribution in [0.2, 0.25) is 0 Å². The third kappa shape index (κ3) is 5.74. The molecule has 0 radical (unpaired) electrons. The molecule has 0 unspecified atom stereocenters. The molecule has 0 saturated heterocycles. The zero-order valence-corrected chi connectivity index (χ0v) is 13.8. The summed E-state index contributed by atoms with van der Waals surface area (Å²) in [6.07, 6.45) is 3.38. The van der Waals surface area contributed by atoms with Crippen molar-refractivity contribution in [2.75, 3.05) is 13.2 Å². The van der Waals surface area contributed by atoms with Crippen molar-refractivity contribution in [1.29, 1.82) is 0 Å². The summed E-state index contributed by atoms with van der Waals surface area (Å²) in [5.74, 6) is 0.820. The van der Waals surface area contributed by atoms with E-state index in [9.17, 15) is 4.79 Å². The third-order valence-electron chi connectivity index (χ3n) is 3.49. The third-order valence-corrected chi connectivity index (χ3v) is 3.49. The van der Waals surface area contributed by atoms with Crippen molar-refractivity contribution in [2.24, 2.45) is 5.92 Å². The molecule has 1 amide bonds. The summed E-state index contributed by atoms with van der Waals surface area (Å²) in [6, 6.07) is 13.6. The van der Waals surface area contributed by atoms with Gasteiger partial charge >= 0.3 is 0 Å². The van der Waals surface area contributed by atoms with Crippen LogP contribution in [0.25, 0.3) is 0 Å². The summed E-state index contributed by atoms with van der Waals surface area (Å²) in [4.78, 5) is 16.5. The maximum absolute atomic E-state index is 12.3. The molecule has 0 aliphatic heterocycles. The SMILES string of the molecule is CC(C)CCOc1ncccc1C(=O)NCCc1ccccc1. The van der Waals surface area contributed by atoms with Crippen LogP contribution in [0.15, 0.2) is 48.7 Å². The molecule has 1 heterocycles. The maximum Gasteiger partial charge on any atom is 0.256 e. The maximum atomic E-state index is 12.3. The first-order valence-corrected chi connectivity index (χ1v) is 8.06. The first-order valence-electron chi connectivity index (χ1n) is 8.06. The first-order chi connectivity index (χ1) is 11.2. The summed E-state index contributed by atoms with van der Waals surface area (Å²) >= 11 is 0. The van der Waals surface area contributed by atoms with Crippen molar-refractivity contribution in [1.82, 2.24) is 10.3 Å². The van der Waals surface area contributed by atoms with Gasteiger partial charge in [0.15, 0.2) is 0 Å². The fraction of sp³-hybridized carbons (Fsp3) is 0.368. The lowest BCUT2D eigenvalue weighted by Crippen LogP contribution is -2.26. The Balaban J connectivity index is 1.88. The van der Waals surface area contributed by atoms with E-state index in [4.69, 9.17) is 4.74 Å². The number of carbonyl (C=O) groups is 1. The van der Waals surface area contributed by atoms with Gasteiger partial charge in [-0.15, -0.1) is 0 Å². The second-order valence-corrected chi connectivity index (χ2v) is 5.88. The molecule has 0 atom stereocenters. The van der Waals surface area contributed by atoms with Gasteiger partial charge < -0.3 is 10.1 Å². The summed E-state index contributed by atoms with van der Waals surface area (Å²) < 4.78 is 5.66. The van der Waals surface area contributed by atoms with Crippen molar-refractivity contribution in [3.8, 4) is 5.88 Å². The van der Waals surface area contributed by atoms with Crippen LogP contribution in [-0.2, 0) is 6.42 Å². The highest BCUT2D eigenvalue weighted by atomic mass is 16.5. The number of rotatable bonds is 8. The first kappa shape index (κ1) is 17.0. The number of carbonyl (C=O) groups excluding carboxylic acids is 1. The molecule has 122 valence electrons. The van der Waals surface area contributed by atoms with Crippen molar-refractivity contribution in [3.63, 3.8) is 0 Å². The Morgan fingerprint density at radius 3 is 2.70 bits per heavy atom. The Bertz CT molecular complexity index is 612. The van der Waals surface area contributed by atoms with E-state index in [2.05, 4.69) is 36.3 Å². The van der Waals surface area contributed by atoms with E-state index in [0.29, 0.717) is 30.5 Å². The molecular formula is C19H24N2O2. The van der Waals surface area contributed by atoms with Gasteiger partial charge in [-0.25, -0.2) is 4.98 Å². The van der Waals surface area contributed by atoms with Crippen LogP contribution in [0.1, 0.15) is 36.2 Å². The van der Waals surface area contributed by atoms with E-state index in [1.54, 1.807) is 18.3 Å². The second-order valence-electron chi connectivity index (χ2n) is 5.88. The normalized spacial score (nSPS) is 10.6. The van der Waals surface area contributed by atoms with Gasteiger partial charge in [0.05, 0.1) is 6.61 Å². The van der Waals surface area contributed by atoms with E-state index in [1.165, 1.54) is 5.56 Å². The summed E-state index contributed by atoms with van der Waals surface area (Å²) in [5, 5.41) is 2.93. The van der Waals surface area contributed by atoms with Gasteiger partial charge in [0, 0.05) is 12.7 Å². The summed E-state index contributed by atoms with van der Waals surface area (Å²) in [5.41, 5.74) is 1.69. The fourth-order valence-electron chi connectivity index (χ4n) is 2.13. The van der Waals surface area contributed by atoms with Gasteiger partial charge in [-0.3, -0.25) is 4.79 Å². The lowest BCUT2D eigenvalue weighted by Gasteiger charge is -2.11. The number of aromatic nitrogens is 1.